The summed E-state index contributed by atoms with van der Waals surface area (Å²) >= 11 is 3.41. The number of carbonyl (C=O) groups excluding carboxylic acids is 1. The molecule has 28 heavy (non-hydrogen) atoms. The molecule has 2 aromatic heterocycles. The number of H-pyrrole nitrogens is 1. The van der Waals surface area contributed by atoms with Crippen molar-refractivity contribution < 1.29 is 4.79 Å². The number of benzene rings is 1. The zero-order chi connectivity index (χ0) is 19.5. The first-order chi connectivity index (χ1) is 13.6. The van der Waals surface area contributed by atoms with Gasteiger partial charge in [-0.2, -0.15) is 5.10 Å². The third kappa shape index (κ3) is 4.34. The summed E-state index contributed by atoms with van der Waals surface area (Å²) in [6.45, 7) is 4.28. The van der Waals surface area contributed by atoms with Crippen LogP contribution in [0.15, 0.2) is 45.8 Å². The van der Waals surface area contributed by atoms with Gasteiger partial charge in [0.1, 0.15) is 0 Å². The number of pyridine rings is 1. The van der Waals surface area contributed by atoms with Crippen LogP contribution in [0, 0.1) is 0 Å². The molecular formula is C20H22BrN5O2. The zero-order valence-corrected chi connectivity index (χ0v) is 17.0. The number of rotatable bonds is 6. The number of likely N-dealkylation sites (tertiary alicyclic amines) is 1. The summed E-state index contributed by atoms with van der Waals surface area (Å²) < 4.78 is 2.68. The minimum absolute atomic E-state index is 0.313. The molecule has 4 rings (SSSR count). The number of nitrogens with one attached hydrogen (secondary N) is 2. The highest BCUT2D eigenvalue weighted by atomic mass is 79.9. The number of nitrogens with zero attached hydrogens (tertiary/aromatic N) is 3. The van der Waals surface area contributed by atoms with E-state index in [9.17, 15) is 9.59 Å². The largest absolute Gasteiger partial charge is 0.322 e. The molecule has 3 aromatic rings. The lowest BCUT2D eigenvalue weighted by Crippen LogP contribution is -2.21. The standard InChI is InChI=1S/C20H22BrN5O2/c21-14-4-5-17-15(12-14)16(13-19(27)22-17)20(28)23-18-6-11-26(24-18)10-3-9-25-7-1-2-8-25/h4-6,11-13H,1-3,7-10H2,(H,22,27)(H,23,24,28). The topological polar surface area (TPSA) is 83.0 Å². The maximum absolute atomic E-state index is 12.8. The number of halogens is 1. The van der Waals surface area contributed by atoms with E-state index in [2.05, 4.69) is 36.2 Å². The molecular weight excluding hydrogens is 422 g/mol. The molecule has 8 heteroatoms. The summed E-state index contributed by atoms with van der Waals surface area (Å²) in [7, 11) is 0. The fourth-order valence-electron chi connectivity index (χ4n) is 3.61. The Labute approximate surface area is 170 Å². The van der Waals surface area contributed by atoms with Gasteiger partial charge in [0.2, 0.25) is 5.56 Å². The Morgan fingerprint density at radius 1 is 1.18 bits per heavy atom. The first-order valence-corrected chi connectivity index (χ1v) is 10.3. The molecule has 0 unspecified atom stereocenters. The van der Waals surface area contributed by atoms with Crippen molar-refractivity contribution in [2.75, 3.05) is 25.0 Å². The van der Waals surface area contributed by atoms with Gasteiger partial charge < -0.3 is 15.2 Å². The van der Waals surface area contributed by atoms with Crippen molar-refractivity contribution in [1.82, 2.24) is 19.7 Å². The molecule has 0 bridgehead atoms. The number of hydrogen-bond acceptors (Lipinski definition) is 4. The van der Waals surface area contributed by atoms with Crippen LogP contribution in [0.4, 0.5) is 5.82 Å². The van der Waals surface area contributed by atoms with Crippen molar-refractivity contribution in [2.24, 2.45) is 0 Å². The number of aryl methyl sites for hydroxylation is 1. The summed E-state index contributed by atoms with van der Waals surface area (Å²) in [6.07, 6.45) is 5.49. The van der Waals surface area contributed by atoms with Crippen LogP contribution in [0.2, 0.25) is 0 Å². The van der Waals surface area contributed by atoms with E-state index in [1.54, 1.807) is 12.1 Å². The first-order valence-electron chi connectivity index (χ1n) is 9.48. The van der Waals surface area contributed by atoms with Gasteiger partial charge in [0.25, 0.3) is 5.91 Å². The van der Waals surface area contributed by atoms with Gasteiger partial charge in [0, 0.05) is 40.2 Å². The average molecular weight is 444 g/mol. The smallest absolute Gasteiger partial charge is 0.257 e. The van der Waals surface area contributed by atoms with Gasteiger partial charge in [0.15, 0.2) is 5.82 Å². The molecule has 1 aliphatic rings. The molecule has 1 fully saturated rings. The van der Waals surface area contributed by atoms with Crippen LogP contribution < -0.4 is 10.9 Å². The number of amides is 1. The predicted molar refractivity (Wildman–Crippen MR) is 113 cm³/mol. The van der Waals surface area contributed by atoms with Gasteiger partial charge in [-0.15, -0.1) is 0 Å². The predicted octanol–water partition coefficient (Wildman–Crippen LogP) is 3.23. The van der Waals surface area contributed by atoms with E-state index in [1.165, 1.54) is 32.0 Å². The highest BCUT2D eigenvalue weighted by Crippen LogP contribution is 2.21. The van der Waals surface area contributed by atoms with Gasteiger partial charge in [-0.3, -0.25) is 14.3 Å². The molecule has 2 N–H and O–H groups in total. The zero-order valence-electron chi connectivity index (χ0n) is 15.4. The molecule has 1 aliphatic heterocycles. The Morgan fingerprint density at radius 2 is 2.00 bits per heavy atom. The average Bonchev–Trinajstić information content (AvgIpc) is 3.34. The number of aromatic amines is 1. The van der Waals surface area contributed by atoms with Crippen LogP contribution in [0.25, 0.3) is 10.9 Å². The third-order valence-corrected chi connectivity index (χ3v) is 5.49. The second kappa shape index (κ2) is 8.28. The molecule has 0 aliphatic carbocycles. The van der Waals surface area contributed by atoms with E-state index in [4.69, 9.17) is 0 Å². The second-order valence-corrected chi connectivity index (χ2v) is 7.97. The van der Waals surface area contributed by atoms with E-state index in [1.807, 2.05) is 23.0 Å². The number of carbonyl (C=O) groups is 1. The molecule has 0 radical (unpaired) electrons. The van der Waals surface area contributed by atoms with Crippen LogP contribution >= 0.6 is 15.9 Å². The Bertz CT molecular complexity index is 1050. The molecule has 1 aromatic carbocycles. The van der Waals surface area contributed by atoms with Gasteiger partial charge in [-0.1, -0.05) is 15.9 Å². The summed E-state index contributed by atoms with van der Waals surface area (Å²) in [4.78, 5) is 29.9. The minimum atomic E-state index is -0.350. The maximum Gasteiger partial charge on any atom is 0.257 e. The van der Waals surface area contributed by atoms with E-state index in [0.29, 0.717) is 22.3 Å². The van der Waals surface area contributed by atoms with Crippen LogP contribution in [-0.2, 0) is 6.54 Å². The van der Waals surface area contributed by atoms with Crippen molar-refractivity contribution in [1.29, 1.82) is 0 Å². The Hall–Kier alpha value is -2.45. The summed E-state index contributed by atoms with van der Waals surface area (Å²) in [6, 6.07) is 8.50. The third-order valence-electron chi connectivity index (χ3n) is 4.99. The minimum Gasteiger partial charge on any atom is -0.322 e. The number of fused-ring (bicyclic) bond motifs is 1. The van der Waals surface area contributed by atoms with Gasteiger partial charge in [0.05, 0.1) is 5.56 Å². The second-order valence-electron chi connectivity index (χ2n) is 7.06. The van der Waals surface area contributed by atoms with Crippen molar-refractivity contribution >= 4 is 38.6 Å². The molecule has 3 heterocycles. The molecule has 1 amide bonds. The highest BCUT2D eigenvalue weighted by molar-refractivity contribution is 9.10. The van der Waals surface area contributed by atoms with Gasteiger partial charge >= 0.3 is 0 Å². The van der Waals surface area contributed by atoms with Crippen LogP contribution in [0.5, 0.6) is 0 Å². The molecule has 146 valence electrons. The Morgan fingerprint density at radius 3 is 2.82 bits per heavy atom. The van der Waals surface area contributed by atoms with Crippen LogP contribution in [0.3, 0.4) is 0 Å². The lowest BCUT2D eigenvalue weighted by atomic mass is 10.1. The normalized spacial score (nSPS) is 14.6. The molecule has 1 saturated heterocycles. The molecule has 0 saturated carbocycles. The summed E-state index contributed by atoms with van der Waals surface area (Å²) in [5, 5.41) is 7.91. The molecule has 0 atom stereocenters. The summed E-state index contributed by atoms with van der Waals surface area (Å²) in [5.74, 6) is 0.131. The molecule has 0 spiro atoms. The molecule has 7 nitrogen and oxygen atoms in total. The SMILES string of the molecule is O=C(Nc1ccn(CCCN2CCCC2)n1)c1cc(=O)[nH]c2ccc(Br)cc12. The van der Waals surface area contributed by atoms with E-state index < -0.39 is 0 Å². The van der Waals surface area contributed by atoms with Crippen molar-refractivity contribution in [2.45, 2.75) is 25.8 Å². The van der Waals surface area contributed by atoms with Crippen LogP contribution in [0.1, 0.15) is 29.6 Å². The quantitative estimate of drug-likeness (QED) is 0.612. The van der Waals surface area contributed by atoms with Gasteiger partial charge in [-0.05, 0) is 57.1 Å². The Balaban J connectivity index is 1.44. The van der Waals surface area contributed by atoms with Crippen LogP contribution in [-0.4, -0.2) is 45.2 Å². The Kier molecular flexibility index (Phi) is 5.59. The number of aromatic nitrogens is 3. The number of anilines is 1. The maximum atomic E-state index is 12.8. The van der Waals surface area contributed by atoms with Crippen molar-refractivity contribution in [3.8, 4) is 0 Å². The highest BCUT2D eigenvalue weighted by Gasteiger charge is 2.14. The monoisotopic (exact) mass is 443 g/mol. The lowest BCUT2D eigenvalue weighted by Gasteiger charge is -2.13. The van der Waals surface area contributed by atoms with Crippen molar-refractivity contribution in [3.05, 3.63) is 56.9 Å². The summed E-state index contributed by atoms with van der Waals surface area (Å²) in [5.41, 5.74) is 0.629. The fourth-order valence-corrected chi connectivity index (χ4v) is 3.97. The van der Waals surface area contributed by atoms with Gasteiger partial charge in [-0.25, -0.2) is 0 Å². The van der Waals surface area contributed by atoms with E-state index in [0.717, 1.165) is 24.0 Å². The number of hydrogen-bond donors (Lipinski definition) is 2. The van der Waals surface area contributed by atoms with Crippen molar-refractivity contribution in [3.63, 3.8) is 0 Å². The fraction of sp³-hybridized carbons (Fsp3) is 0.350. The lowest BCUT2D eigenvalue weighted by molar-refractivity contribution is 0.102. The van der Waals surface area contributed by atoms with E-state index >= 15 is 0 Å². The van der Waals surface area contributed by atoms with E-state index in [-0.39, 0.29) is 11.5 Å². The first kappa shape index (κ1) is 18.9.